The molecule has 1 fully saturated rings. The Kier molecular flexibility index (Phi) is 9.14. The molecule has 1 saturated heterocycles. The maximum Gasteiger partial charge on any atom is 0.338 e. The summed E-state index contributed by atoms with van der Waals surface area (Å²) in [7, 11) is 1.32. The van der Waals surface area contributed by atoms with Crippen molar-refractivity contribution in [1.82, 2.24) is 0 Å². The Labute approximate surface area is 212 Å². The topological polar surface area (TPSA) is 154 Å². The molecule has 3 rings (SSSR count). The highest BCUT2D eigenvalue weighted by molar-refractivity contribution is 6.01. The van der Waals surface area contributed by atoms with E-state index in [0.717, 1.165) is 12.8 Å². The average molecular weight is 514 g/mol. The number of hydrogen-bond donors (Lipinski definition) is 1. The fourth-order valence-electron chi connectivity index (χ4n) is 3.63. The van der Waals surface area contributed by atoms with Crippen molar-refractivity contribution in [3.8, 4) is 5.75 Å². The number of nitrogens with one attached hydrogen (secondary N) is 1. The summed E-state index contributed by atoms with van der Waals surface area (Å²) in [5.41, 5.74) is 0.846. The summed E-state index contributed by atoms with van der Waals surface area (Å²) < 4.78 is 15.4. The molecule has 1 heterocycles. The molecule has 1 aliphatic rings. The van der Waals surface area contributed by atoms with E-state index in [9.17, 15) is 29.3 Å². The Bertz CT molecular complexity index is 1180. The van der Waals surface area contributed by atoms with Crippen LogP contribution in [0.5, 0.6) is 5.75 Å². The van der Waals surface area contributed by atoms with Gasteiger partial charge in [-0.2, -0.15) is 0 Å². The third kappa shape index (κ3) is 7.03. The van der Waals surface area contributed by atoms with Crippen molar-refractivity contribution in [2.75, 3.05) is 37.1 Å². The third-order valence-corrected chi connectivity index (χ3v) is 5.60. The van der Waals surface area contributed by atoms with Crippen molar-refractivity contribution in [3.63, 3.8) is 0 Å². The van der Waals surface area contributed by atoms with Crippen molar-refractivity contribution < 1.29 is 38.3 Å². The van der Waals surface area contributed by atoms with E-state index in [1.165, 1.54) is 54.5 Å². The van der Waals surface area contributed by atoms with Crippen LogP contribution in [0.1, 0.15) is 36.5 Å². The van der Waals surface area contributed by atoms with Crippen LogP contribution in [0.2, 0.25) is 0 Å². The smallest absolute Gasteiger partial charge is 0.338 e. The predicted octanol–water partition coefficient (Wildman–Crippen LogP) is 3.10. The molecule has 2 aromatic carbocycles. The molecule has 0 unspecified atom stereocenters. The van der Waals surface area contributed by atoms with Crippen LogP contribution in [0.15, 0.2) is 42.5 Å². The van der Waals surface area contributed by atoms with Crippen molar-refractivity contribution >= 4 is 40.8 Å². The summed E-state index contributed by atoms with van der Waals surface area (Å²) in [6.07, 6.45) is 1.54. The number of unbranched alkanes of at least 4 members (excludes halogenated alkanes) is 1. The molecule has 1 atom stereocenters. The van der Waals surface area contributed by atoms with E-state index in [2.05, 4.69) is 5.32 Å². The van der Waals surface area contributed by atoms with Gasteiger partial charge in [0.2, 0.25) is 5.91 Å². The molecule has 2 amide bonds. The molecular weight excluding hydrogens is 486 g/mol. The number of ether oxygens (including phenoxy) is 3. The zero-order valence-corrected chi connectivity index (χ0v) is 20.4. The Balaban J connectivity index is 1.51. The number of anilines is 2. The first kappa shape index (κ1) is 27.1. The molecule has 37 heavy (non-hydrogen) atoms. The summed E-state index contributed by atoms with van der Waals surface area (Å²) in [5, 5.41) is 13.6. The number of methoxy groups -OCH3 is 1. The van der Waals surface area contributed by atoms with Crippen LogP contribution in [-0.4, -0.2) is 55.5 Å². The Morgan fingerprint density at radius 3 is 2.51 bits per heavy atom. The van der Waals surface area contributed by atoms with E-state index in [1.54, 1.807) is 0 Å². The highest BCUT2D eigenvalue weighted by Gasteiger charge is 2.37. The van der Waals surface area contributed by atoms with Gasteiger partial charge in [-0.3, -0.25) is 24.5 Å². The fraction of sp³-hybridized carbons (Fsp3) is 0.360. The van der Waals surface area contributed by atoms with Gasteiger partial charge in [0, 0.05) is 24.7 Å². The minimum absolute atomic E-state index is 0.0245. The lowest BCUT2D eigenvalue weighted by Crippen LogP contribution is -2.28. The highest BCUT2D eigenvalue weighted by atomic mass is 16.6. The van der Waals surface area contributed by atoms with E-state index >= 15 is 0 Å². The minimum Gasteiger partial charge on any atom is -0.494 e. The summed E-state index contributed by atoms with van der Waals surface area (Å²) in [5.74, 6) is -2.85. The fourth-order valence-corrected chi connectivity index (χ4v) is 3.63. The number of amides is 2. The normalized spacial score (nSPS) is 14.7. The number of rotatable bonds is 11. The highest BCUT2D eigenvalue weighted by Crippen LogP contribution is 2.36. The van der Waals surface area contributed by atoms with Crippen molar-refractivity contribution in [2.24, 2.45) is 5.92 Å². The van der Waals surface area contributed by atoms with Gasteiger partial charge in [-0.25, -0.2) is 4.79 Å². The number of nitrogens with zero attached hydrogens (tertiary/aromatic N) is 2. The lowest BCUT2D eigenvalue weighted by Gasteiger charge is -2.19. The summed E-state index contributed by atoms with van der Waals surface area (Å²) in [6.45, 7) is 1.74. The monoisotopic (exact) mass is 513 g/mol. The van der Waals surface area contributed by atoms with E-state index < -0.39 is 35.3 Å². The van der Waals surface area contributed by atoms with Crippen LogP contribution in [0.3, 0.4) is 0 Å². The number of nitro benzene ring substituents is 1. The SMILES string of the molecule is CCCCOC(=O)c1ccc(NC(=O)COC(=O)[C@H]2CC(=O)N(c3ccc([N+](=O)[O-])cc3OC)C2)cc1. The van der Waals surface area contributed by atoms with E-state index in [0.29, 0.717) is 23.5 Å². The lowest BCUT2D eigenvalue weighted by molar-refractivity contribution is -0.384. The number of carbonyl (C=O) groups excluding carboxylic acids is 4. The maximum absolute atomic E-state index is 12.5. The number of benzene rings is 2. The van der Waals surface area contributed by atoms with Gasteiger partial charge in [0.15, 0.2) is 6.61 Å². The number of carbonyl (C=O) groups is 4. The third-order valence-electron chi connectivity index (χ3n) is 5.60. The molecule has 196 valence electrons. The second-order valence-corrected chi connectivity index (χ2v) is 8.24. The van der Waals surface area contributed by atoms with E-state index in [-0.39, 0.29) is 30.3 Å². The van der Waals surface area contributed by atoms with Gasteiger partial charge in [0.05, 0.1) is 41.9 Å². The van der Waals surface area contributed by atoms with E-state index in [1.807, 2.05) is 6.92 Å². The first-order valence-electron chi connectivity index (χ1n) is 11.6. The molecule has 0 aliphatic carbocycles. The summed E-state index contributed by atoms with van der Waals surface area (Å²) in [4.78, 5) is 60.9. The Hall–Kier alpha value is -4.48. The van der Waals surface area contributed by atoms with Crippen molar-refractivity contribution in [1.29, 1.82) is 0 Å². The predicted molar refractivity (Wildman–Crippen MR) is 131 cm³/mol. The van der Waals surface area contributed by atoms with Gasteiger partial charge in [-0.1, -0.05) is 13.3 Å². The van der Waals surface area contributed by atoms with Crippen LogP contribution >= 0.6 is 0 Å². The molecule has 2 aromatic rings. The number of non-ortho nitro benzene ring substituents is 1. The van der Waals surface area contributed by atoms with Crippen LogP contribution in [0, 0.1) is 16.0 Å². The standard InChI is InChI=1S/C25H27N3O9/c1-3-4-11-36-24(31)16-5-7-18(8-6-16)26-22(29)15-37-25(32)17-12-23(30)27(14-17)20-10-9-19(28(33)34)13-21(20)35-2/h5-10,13,17H,3-4,11-12,14-15H2,1-2H3,(H,26,29)/t17-/m0/s1. The first-order valence-corrected chi connectivity index (χ1v) is 11.6. The van der Waals surface area contributed by atoms with Gasteiger partial charge in [0.1, 0.15) is 5.75 Å². The molecule has 12 heteroatoms. The van der Waals surface area contributed by atoms with E-state index in [4.69, 9.17) is 14.2 Å². The molecule has 12 nitrogen and oxygen atoms in total. The maximum atomic E-state index is 12.5. The van der Waals surface area contributed by atoms with Gasteiger partial charge in [-0.05, 0) is 36.8 Å². The molecule has 0 saturated carbocycles. The van der Waals surface area contributed by atoms with Crippen molar-refractivity contribution in [3.05, 3.63) is 58.1 Å². The Morgan fingerprint density at radius 2 is 1.86 bits per heavy atom. The average Bonchev–Trinajstić information content (AvgIpc) is 3.28. The van der Waals surface area contributed by atoms with Gasteiger partial charge < -0.3 is 24.4 Å². The second kappa shape index (κ2) is 12.5. The van der Waals surface area contributed by atoms with Gasteiger partial charge in [0.25, 0.3) is 11.6 Å². The summed E-state index contributed by atoms with van der Waals surface area (Å²) >= 11 is 0. The Morgan fingerprint density at radius 1 is 1.14 bits per heavy atom. The molecular formula is C25H27N3O9. The minimum atomic E-state index is -0.821. The molecule has 1 aliphatic heterocycles. The zero-order valence-electron chi connectivity index (χ0n) is 20.4. The van der Waals surface area contributed by atoms with Gasteiger partial charge in [-0.15, -0.1) is 0 Å². The number of esters is 2. The van der Waals surface area contributed by atoms with Crippen LogP contribution in [0.4, 0.5) is 17.1 Å². The molecule has 0 spiro atoms. The number of hydrogen-bond acceptors (Lipinski definition) is 9. The van der Waals surface area contributed by atoms with Crippen LogP contribution < -0.4 is 15.0 Å². The molecule has 1 N–H and O–H groups in total. The number of nitro groups is 1. The molecule has 0 aromatic heterocycles. The molecule has 0 bridgehead atoms. The quantitative estimate of drug-likeness (QED) is 0.206. The summed E-state index contributed by atoms with van der Waals surface area (Å²) in [6, 6.07) is 9.90. The van der Waals surface area contributed by atoms with Crippen molar-refractivity contribution in [2.45, 2.75) is 26.2 Å². The second-order valence-electron chi connectivity index (χ2n) is 8.24. The molecule has 0 radical (unpaired) electrons. The van der Waals surface area contributed by atoms with Crippen LogP contribution in [0.25, 0.3) is 0 Å². The van der Waals surface area contributed by atoms with Gasteiger partial charge >= 0.3 is 11.9 Å². The van der Waals surface area contributed by atoms with Crippen LogP contribution in [-0.2, 0) is 23.9 Å². The lowest BCUT2D eigenvalue weighted by atomic mass is 10.1. The zero-order chi connectivity index (χ0) is 26.9. The largest absolute Gasteiger partial charge is 0.494 e. The first-order chi connectivity index (χ1) is 17.7.